The van der Waals surface area contributed by atoms with Gasteiger partial charge in [-0.3, -0.25) is 4.79 Å². The fraction of sp³-hybridized carbons (Fsp3) is 0.767. The van der Waals surface area contributed by atoms with Gasteiger partial charge < -0.3 is 47.9 Å². The second-order valence-corrected chi connectivity index (χ2v) is 10.1. The highest BCUT2D eigenvalue weighted by Crippen LogP contribution is 2.15. The molecule has 0 atom stereocenters. The molecule has 1 aromatic rings. The first-order valence-corrected chi connectivity index (χ1v) is 16.4. The molecule has 0 aliphatic heterocycles. The quantitative estimate of drug-likeness (QED) is 0.0665. The van der Waals surface area contributed by atoms with E-state index < -0.39 is 0 Å². The lowest BCUT2D eigenvalue weighted by Gasteiger charge is -2.09. The van der Waals surface area contributed by atoms with Gasteiger partial charge in [0.05, 0.1) is 99.1 Å². The number of hydrogen-bond donors (Lipinski definition) is 1. The van der Waals surface area contributed by atoms with Crippen molar-refractivity contribution in [3.8, 4) is 5.75 Å². The highest BCUT2D eigenvalue weighted by molar-refractivity contribution is 14.1. The minimum Gasteiger partial charge on any atom is -0.491 e. The largest absolute Gasteiger partial charge is 0.491 e. The number of ether oxygens (including phenoxy) is 9. The Hall–Kier alpha value is -1.10. The average molecular weight is 714 g/mol. The molecule has 0 radical (unpaired) electrons. The maximum Gasteiger partial charge on any atom is 0.221 e. The van der Waals surface area contributed by atoms with Crippen LogP contribution in [0, 0.1) is 0 Å². The van der Waals surface area contributed by atoms with Crippen LogP contribution in [-0.4, -0.2) is 123 Å². The van der Waals surface area contributed by atoms with Crippen LogP contribution in [0.4, 0.5) is 5.69 Å². The minimum absolute atomic E-state index is 0.104. The summed E-state index contributed by atoms with van der Waals surface area (Å²) in [6.45, 7) is 10.7. The summed E-state index contributed by atoms with van der Waals surface area (Å²) in [7, 11) is 0. The standard InChI is InChI=1S/C30H52INO10/c1-28(33)32-29-6-8-30(9-7-29)42-27-26-41-25-24-40-23-22-39-21-20-38-19-18-37-17-16-36-15-14-35-13-12-34-11-5-3-2-4-10-31/h6-9H,2-5,10-27H2,1H3,(H,32,33). The zero-order valence-electron chi connectivity index (χ0n) is 25.3. The molecule has 11 nitrogen and oxygen atoms in total. The predicted octanol–water partition coefficient (Wildman–Crippen LogP) is 4.15. The Morgan fingerprint density at radius 3 is 1.26 bits per heavy atom. The number of rotatable bonds is 32. The van der Waals surface area contributed by atoms with E-state index in [4.69, 9.17) is 42.6 Å². The molecule has 12 heteroatoms. The van der Waals surface area contributed by atoms with Crippen LogP contribution in [0.5, 0.6) is 5.75 Å². The lowest BCUT2D eigenvalue weighted by molar-refractivity contribution is -0.114. The number of unbranched alkanes of at least 4 members (excludes halogenated alkanes) is 3. The number of amides is 1. The Balaban J connectivity index is 1.68. The maximum absolute atomic E-state index is 11.0. The topological polar surface area (TPSA) is 112 Å². The maximum atomic E-state index is 11.0. The van der Waals surface area contributed by atoms with Gasteiger partial charge in [0, 0.05) is 19.2 Å². The molecule has 1 rings (SSSR count). The Kier molecular flexibility index (Phi) is 29.0. The van der Waals surface area contributed by atoms with E-state index in [1.54, 1.807) is 24.3 Å². The van der Waals surface area contributed by atoms with E-state index in [1.807, 2.05) is 0 Å². The number of benzene rings is 1. The number of carbonyl (C=O) groups is 1. The van der Waals surface area contributed by atoms with Crippen LogP contribution in [-0.2, 0) is 42.7 Å². The molecule has 0 aliphatic carbocycles. The van der Waals surface area contributed by atoms with Gasteiger partial charge in [0.15, 0.2) is 0 Å². The summed E-state index contributed by atoms with van der Waals surface area (Å²) < 4.78 is 50.8. The molecular weight excluding hydrogens is 661 g/mol. The molecule has 0 heterocycles. The summed E-state index contributed by atoms with van der Waals surface area (Å²) in [5, 5.41) is 2.71. The van der Waals surface area contributed by atoms with Gasteiger partial charge in [0.2, 0.25) is 5.91 Å². The molecule has 0 saturated carbocycles. The van der Waals surface area contributed by atoms with Crippen molar-refractivity contribution in [2.24, 2.45) is 0 Å². The van der Waals surface area contributed by atoms with Gasteiger partial charge in [-0.1, -0.05) is 35.4 Å². The lowest BCUT2D eigenvalue weighted by Crippen LogP contribution is -2.15. The zero-order valence-corrected chi connectivity index (χ0v) is 27.5. The molecular formula is C30H52INO10. The van der Waals surface area contributed by atoms with E-state index in [0.717, 1.165) is 24.5 Å². The van der Waals surface area contributed by atoms with Gasteiger partial charge in [-0.05, 0) is 41.5 Å². The molecule has 244 valence electrons. The lowest BCUT2D eigenvalue weighted by atomic mass is 10.2. The van der Waals surface area contributed by atoms with Crippen molar-refractivity contribution in [3.05, 3.63) is 24.3 Å². The van der Waals surface area contributed by atoms with Crippen LogP contribution in [0.3, 0.4) is 0 Å². The van der Waals surface area contributed by atoms with E-state index in [-0.39, 0.29) is 5.91 Å². The molecule has 0 aliphatic rings. The van der Waals surface area contributed by atoms with Crippen molar-refractivity contribution < 1.29 is 47.4 Å². The molecule has 0 saturated heterocycles. The second-order valence-electron chi connectivity index (χ2n) is 9.06. The summed E-state index contributed by atoms with van der Waals surface area (Å²) in [4.78, 5) is 11.0. The number of anilines is 1. The molecule has 42 heavy (non-hydrogen) atoms. The summed E-state index contributed by atoms with van der Waals surface area (Å²) >= 11 is 2.42. The van der Waals surface area contributed by atoms with Gasteiger partial charge in [0.1, 0.15) is 12.4 Å². The van der Waals surface area contributed by atoms with Crippen molar-refractivity contribution in [1.29, 1.82) is 0 Å². The number of carbonyl (C=O) groups excluding carboxylic acids is 1. The third-order valence-corrected chi connectivity index (χ3v) is 6.21. The predicted molar refractivity (Wildman–Crippen MR) is 170 cm³/mol. The van der Waals surface area contributed by atoms with Crippen LogP contribution in [0.15, 0.2) is 24.3 Å². The van der Waals surface area contributed by atoms with Crippen LogP contribution in [0.25, 0.3) is 0 Å². The van der Waals surface area contributed by atoms with Crippen molar-refractivity contribution in [2.75, 3.05) is 122 Å². The Bertz CT molecular complexity index is 714. The van der Waals surface area contributed by atoms with E-state index >= 15 is 0 Å². The number of nitrogens with one attached hydrogen (secondary N) is 1. The Morgan fingerprint density at radius 1 is 0.524 bits per heavy atom. The van der Waals surface area contributed by atoms with Crippen molar-refractivity contribution in [2.45, 2.75) is 32.6 Å². The molecule has 0 aromatic heterocycles. The number of alkyl halides is 1. The van der Waals surface area contributed by atoms with E-state index in [9.17, 15) is 4.79 Å². The monoisotopic (exact) mass is 713 g/mol. The van der Waals surface area contributed by atoms with Crippen LogP contribution < -0.4 is 10.1 Å². The molecule has 1 N–H and O–H groups in total. The summed E-state index contributed by atoms with van der Waals surface area (Å²) in [5.74, 6) is 0.618. The average Bonchev–Trinajstić information content (AvgIpc) is 2.98. The third-order valence-electron chi connectivity index (χ3n) is 5.45. The highest BCUT2D eigenvalue weighted by Gasteiger charge is 1.99. The first-order chi connectivity index (χ1) is 20.7. The van der Waals surface area contributed by atoms with E-state index in [1.165, 1.54) is 30.6 Å². The highest BCUT2D eigenvalue weighted by atomic mass is 127. The third kappa shape index (κ3) is 27.7. The van der Waals surface area contributed by atoms with E-state index in [2.05, 4.69) is 27.9 Å². The van der Waals surface area contributed by atoms with Gasteiger partial charge in [-0.2, -0.15) is 0 Å². The second kappa shape index (κ2) is 31.3. The normalized spacial score (nSPS) is 11.2. The smallest absolute Gasteiger partial charge is 0.221 e. The van der Waals surface area contributed by atoms with Crippen molar-refractivity contribution in [3.63, 3.8) is 0 Å². The van der Waals surface area contributed by atoms with Gasteiger partial charge in [-0.25, -0.2) is 0 Å². The summed E-state index contributed by atoms with van der Waals surface area (Å²) in [5.41, 5.74) is 0.736. The van der Waals surface area contributed by atoms with Crippen LogP contribution in [0.2, 0.25) is 0 Å². The SMILES string of the molecule is CC(=O)Nc1ccc(OCCOCCOCCOCCOCCOCCOCCOCCOCCCCCCI)cc1. The fourth-order valence-electron chi connectivity index (χ4n) is 3.35. The zero-order chi connectivity index (χ0) is 30.2. The van der Waals surface area contributed by atoms with Gasteiger partial charge in [-0.15, -0.1) is 0 Å². The minimum atomic E-state index is -0.104. The summed E-state index contributed by atoms with van der Waals surface area (Å²) in [6.07, 6.45) is 4.97. The van der Waals surface area contributed by atoms with Crippen molar-refractivity contribution in [1.82, 2.24) is 0 Å². The van der Waals surface area contributed by atoms with Gasteiger partial charge >= 0.3 is 0 Å². The first-order valence-electron chi connectivity index (χ1n) is 14.9. The molecule has 0 unspecified atom stereocenters. The Morgan fingerprint density at radius 2 is 0.881 bits per heavy atom. The summed E-state index contributed by atoms with van der Waals surface area (Å²) in [6, 6.07) is 7.19. The fourth-order valence-corrected chi connectivity index (χ4v) is 3.89. The molecule has 1 amide bonds. The van der Waals surface area contributed by atoms with Gasteiger partial charge in [0.25, 0.3) is 0 Å². The van der Waals surface area contributed by atoms with Crippen molar-refractivity contribution >= 4 is 34.2 Å². The number of halogens is 1. The Labute approximate surface area is 265 Å². The molecule has 0 spiro atoms. The van der Waals surface area contributed by atoms with Crippen LogP contribution >= 0.6 is 22.6 Å². The van der Waals surface area contributed by atoms with Crippen LogP contribution in [0.1, 0.15) is 32.6 Å². The molecule has 1 aromatic carbocycles. The number of hydrogen-bond acceptors (Lipinski definition) is 10. The van der Waals surface area contributed by atoms with E-state index in [0.29, 0.717) is 106 Å². The molecule has 0 bridgehead atoms. The first kappa shape index (κ1) is 38.9. The molecule has 0 fully saturated rings.